The van der Waals surface area contributed by atoms with Gasteiger partial charge < -0.3 is 9.84 Å². The number of hydrogen-bond acceptors (Lipinski definition) is 3. The maximum absolute atomic E-state index is 11.8. The van der Waals surface area contributed by atoms with E-state index >= 15 is 0 Å². The Labute approximate surface area is 81.4 Å². The molecule has 0 heterocycles. The van der Waals surface area contributed by atoms with E-state index in [0.29, 0.717) is 23.7 Å². The lowest BCUT2D eigenvalue weighted by Crippen LogP contribution is -3.12. The van der Waals surface area contributed by atoms with Crippen molar-refractivity contribution in [2.24, 2.45) is 46.3 Å². The maximum Gasteiger partial charge on any atom is 0.313 e. The monoisotopic (exact) mass is 192 g/mol. The zero-order valence-corrected chi connectivity index (χ0v) is 7.93. The third kappa shape index (κ3) is 0.244. The van der Waals surface area contributed by atoms with Crippen LogP contribution in [0.3, 0.4) is 0 Å². The molecule has 6 aliphatic carbocycles. The van der Waals surface area contributed by atoms with Gasteiger partial charge in [-0.15, -0.1) is 0 Å². The molecule has 14 heavy (non-hydrogen) atoms. The molecule has 0 aromatic heterocycles. The Morgan fingerprint density at radius 1 is 1.29 bits per heavy atom. The third-order valence-electron chi connectivity index (χ3n) is 6.67. The lowest BCUT2D eigenvalue weighted by molar-refractivity contribution is -0.649. The van der Waals surface area contributed by atoms with Gasteiger partial charge in [0, 0.05) is 5.41 Å². The summed E-state index contributed by atoms with van der Waals surface area (Å²) in [5.41, 5.74) is -0.180. The van der Waals surface area contributed by atoms with Gasteiger partial charge in [-0.3, -0.25) is 4.79 Å². The van der Waals surface area contributed by atoms with Crippen molar-refractivity contribution in [3.05, 3.63) is 0 Å². The largest absolute Gasteiger partial charge is 0.469 e. The van der Waals surface area contributed by atoms with E-state index in [1.54, 1.807) is 0 Å². The topological polar surface area (TPSA) is 46.5 Å². The minimum absolute atomic E-state index is 0.00877. The Balaban J connectivity index is 1.68. The number of methoxy groups -OCH3 is 1. The number of esters is 1. The molecule has 4 atom stereocenters. The molecule has 6 rings (SSSR count). The minimum atomic E-state index is -0.189. The second-order valence-corrected chi connectivity index (χ2v) is 5.82. The van der Waals surface area contributed by atoms with E-state index in [1.165, 1.54) is 7.11 Å². The molecule has 0 spiro atoms. The minimum Gasteiger partial charge on any atom is -0.469 e. The SMILES string of the molecule is COC(=O)C12C3C4C5C3C1(CO)C5C42. The summed E-state index contributed by atoms with van der Waals surface area (Å²) >= 11 is 0. The van der Waals surface area contributed by atoms with Gasteiger partial charge in [0.25, 0.3) is 0 Å². The highest BCUT2D eigenvalue weighted by Crippen LogP contribution is 3.10. The fourth-order valence-electron chi connectivity index (χ4n) is 6.73. The summed E-state index contributed by atoms with van der Waals surface area (Å²) in [6.07, 6.45) is 0. The Morgan fingerprint density at radius 3 is 2.36 bits per heavy atom. The molecule has 6 aliphatic rings. The van der Waals surface area contributed by atoms with E-state index in [-0.39, 0.29) is 23.4 Å². The second-order valence-electron chi connectivity index (χ2n) is 5.82. The molecule has 0 amide bonds. The Bertz CT molecular complexity index is 381. The van der Waals surface area contributed by atoms with Gasteiger partial charge in [-0.05, 0) is 35.5 Å². The first kappa shape index (κ1) is 6.83. The van der Waals surface area contributed by atoms with Gasteiger partial charge in [0.1, 0.15) is 0 Å². The molecule has 4 unspecified atom stereocenters. The van der Waals surface area contributed by atoms with Crippen molar-refractivity contribution < 1.29 is 14.6 Å². The summed E-state index contributed by atoms with van der Waals surface area (Å²) in [7, 11) is 1.48. The molecule has 0 bridgehead atoms. The Kier molecular flexibility index (Phi) is 0.668. The number of carbonyl (C=O) groups excluding carboxylic acids is 1. The van der Waals surface area contributed by atoms with E-state index in [0.717, 1.165) is 11.8 Å². The number of aliphatic hydroxyl groups is 1. The van der Waals surface area contributed by atoms with Crippen LogP contribution in [0.15, 0.2) is 0 Å². The van der Waals surface area contributed by atoms with Crippen LogP contribution in [0.4, 0.5) is 0 Å². The van der Waals surface area contributed by atoms with E-state index in [9.17, 15) is 9.90 Å². The van der Waals surface area contributed by atoms with Crippen LogP contribution in [-0.4, -0.2) is 24.8 Å². The van der Waals surface area contributed by atoms with Crippen molar-refractivity contribution in [3.8, 4) is 0 Å². The number of ether oxygens (including phenoxy) is 1. The van der Waals surface area contributed by atoms with Crippen molar-refractivity contribution in [2.75, 3.05) is 13.7 Å². The molecule has 3 nitrogen and oxygen atoms in total. The summed E-state index contributed by atoms with van der Waals surface area (Å²) in [4.78, 5) is 11.8. The molecule has 6 saturated carbocycles. The summed E-state index contributed by atoms with van der Waals surface area (Å²) in [6.45, 7) is 0.216. The van der Waals surface area contributed by atoms with Crippen LogP contribution in [-0.2, 0) is 9.53 Å². The molecular formula is C11H12O3. The van der Waals surface area contributed by atoms with Gasteiger partial charge in [0.2, 0.25) is 0 Å². The normalized spacial score (nSPS) is 77.0. The third-order valence-corrected chi connectivity index (χ3v) is 6.67. The molecule has 74 valence electrons. The summed E-state index contributed by atoms with van der Waals surface area (Å²) < 4.78 is 4.94. The summed E-state index contributed by atoms with van der Waals surface area (Å²) in [6, 6.07) is 0. The fraction of sp³-hybridized carbons (Fsp3) is 0.909. The van der Waals surface area contributed by atoms with Crippen LogP contribution in [0.5, 0.6) is 0 Å². The zero-order valence-electron chi connectivity index (χ0n) is 7.93. The highest BCUT2D eigenvalue weighted by atomic mass is 16.5. The summed E-state index contributed by atoms with van der Waals surface area (Å²) in [5, 5.41) is 9.52. The van der Waals surface area contributed by atoms with E-state index in [2.05, 4.69) is 0 Å². The van der Waals surface area contributed by atoms with Gasteiger partial charge in [-0.25, -0.2) is 0 Å². The number of aliphatic hydroxyl groups excluding tert-OH is 1. The predicted octanol–water partition coefficient (Wildman–Crippen LogP) is -0.110. The van der Waals surface area contributed by atoms with Gasteiger partial charge in [0.15, 0.2) is 0 Å². The fourth-order valence-corrected chi connectivity index (χ4v) is 6.73. The number of hydrogen-bond donors (Lipinski definition) is 1. The molecule has 0 aromatic rings. The molecule has 3 heteroatoms. The molecule has 1 N–H and O–H groups in total. The van der Waals surface area contributed by atoms with Crippen molar-refractivity contribution in [1.29, 1.82) is 0 Å². The standard InChI is InChI=1S/C11H12O3/c1-14-9(13)11-7-4-3-5(7)10(11,2-12)6(3)8(4)11/h3-8,12H,2H2,1H3. The zero-order chi connectivity index (χ0) is 9.46. The van der Waals surface area contributed by atoms with Crippen molar-refractivity contribution in [2.45, 2.75) is 0 Å². The molecule has 0 radical (unpaired) electrons. The van der Waals surface area contributed by atoms with Crippen LogP contribution >= 0.6 is 0 Å². The first-order valence-corrected chi connectivity index (χ1v) is 5.47. The average molecular weight is 192 g/mol. The van der Waals surface area contributed by atoms with E-state index in [1.807, 2.05) is 0 Å². The van der Waals surface area contributed by atoms with Gasteiger partial charge in [0.05, 0.1) is 19.1 Å². The highest BCUT2D eigenvalue weighted by molar-refractivity contribution is 5.89. The summed E-state index contributed by atoms with van der Waals surface area (Å²) in [5.74, 6) is 4.37. The number of carbonyl (C=O) groups is 1. The highest BCUT2D eigenvalue weighted by Gasteiger charge is 3.12. The molecule has 6 fully saturated rings. The van der Waals surface area contributed by atoms with Crippen LogP contribution in [0.25, 0.3) is 0 Å². The van der Waals surface area contributed by atoms with Crippen molar-refractivity contribution >= 4 is 5.97 Å². The molecule has 0 aromatic carbocycles. The van der Waals surface area contributed by atoms with Crippen LogP contribution in [0.1, 0.15) is 0 Å². The smallest absolute Gasteiger partial charge is 0.313 e. The van der Waals surface area contributed by atoms with E-state index in [4.69, 9.17) is 4.74 Å². The van der Waals surface area contributed by atoms with Crippen molar-refractivity contribution in [1.82, 2.24) is 0 Å². The van der Waals surface area contributed by atoms with E-state index < -0.39 is 0 Å². The van der Waals surface area contributed by atoms with Gasteiger partial charge in [-0.1, -0.05) is 0 Å². The van der Waals surface area contributed by atoms with Crippen LogP contribution in [0.2, 0.25) is 0 Å². The molecular weight excluding hydrogens is 180 g/mol. The molecule has 0 saturated heterocycles. The predicted molar refractivity (Wildman–Crippen MR) is 44.9 cm³/mol. The Hall–Kier alpha value is -0.570. The van der Waals surface area contributed by atoms with Crippen molar-refractivity contribution in [3.63, 3.8) is 0 Å². The lowest BCUT2D eigenvalue weighted by atomic mass is 8.92. The first-order chi connectivity index (χ1) is 6.78. The molecule has 0 aliphatic heterocycles. The van der Waals surface area contributed by atoms with Gasteiger partial charge >= 0.3 is 5.97 Å². The average Bonchev–Trinajstić information content (AvgIpc) is 2.27. The Morgan fingerprint density at radius 2 is 1.86 bits per heavy atom. The first-order valence-electron chi connectivity index (χ1n) is 5.47. The maximum atomic E-state index is 11.8. The van der Waals surface area contributed by atoms with Crippen LogP contribution < -0.4 is 0 Å². The quantitative estimate of drug-likeness (QED) is 0.621. The number of rotatable bonds is 2. The lowest BCUT2D eigenvalue weighted by Gasteiger charge is -3.10. The second kappa shape index (κ2) is 1.37. The van der Waals surface area contributed by atoms with Crippen LogP contribution in [0, 0.1) is 46.3 Å². The van der Waals surface area contributed by atoms with Gasteiger partial charge in [-0.2, -0.15) is 0 Å².